The number of benzene rings is 3. The second kappa shape index (κ2) is 6.23. The third kappa shape index (κ3) is 2.87. The van der Waals surface area contributed by atoms with E-state index in [2.05, 4.69) is 35.3 Å². The first-order valence-corrected chi connectivity index (χ1v) is 8.89. The zero-order valence-corrected chi connectivity index (χ0v) is 15.8. The minimum Gasteiger partial charge on any atom is -0.498 e. The molecule has 4 aromatic rings. The van der Waals surface area contributed by atoms with Gasteiger partial charge in [-0.2, -0.15) is 0 Å². The van der Waals surface area contributed by atoms with Crippen molar-refractivity contribution in [3.05, 3.63) is 71.0 Å². The number of nitrogens with one attached hydrogen (secondary N) is 1. The Balaban J connectivity index is 2.19. The van der Waals surface area contributed by atoms with Gasteiger partial charge < -0.3 is 9.36 Å². The summed E-state index contributed by atoms with van der Waals surface area (Å²) in [4.78, 5) is 11.5. The van der Waals surface area contributed by atoms with E-state index in [1.807, 2.05) is 25.1 Å². The maximum absolute atomic E-state index is 14.0. The summed E-state index contributed by atoms with van der Waals surface area (Å²) < 4.78 is 17.1. The molecule has 0 aliphatic rings. The van der Waals surface area contributed by atoms with E-state index in [-0.39, 0.29) is 11.7 Å². The molecule has 3 aromatic carbocycles. The molecule has 0 saturated heterocycles. The van der Waals surface area contributed by atoms with Crippen LogP contribution in [0.25, 0.3) is 27.7 Å². The van der Waals surface area contributed by atoms with Crippen molar-refractivity contribution in [3.63, 3.8) is 0 Å². The van der Waals surface area contributed by atoms with Crippen molar-refractivity contribution in [1.82, 2.24) is 0 Å². The zero-order valence-electron chi connectivity index (χ0n) is 15.8. The van der Waals surface area contributed by atoms with E-state index in [0.29, 0.717) is 5.75 Å². The SMILES string of the molecule is CC(=O)Nc1cc(C)c2c(c1)c1cc(C)cc(C)c1[o+]2-c1cccc(F)c1. The molecule has 0 aliphatic heterocycles. The normalized spacial score (nSPS) is 11.3. The number of fused-ring (bicyclic) bond motifs is 3. The molecular weight excluding hydrogens is 341 g/mol. The van der Waals surface area contributed by atoms with Gasteiger partial charge >= 0.3 is 0 Å². The number of hydrogen-bond donors (Lipinski definition) is 1. The summed E-state index contributed by atoms with van der Waals surface area (Å²) in [6, 6.07) is 14.7. The van der Waals surface area contributed by atoms with Crippen LogP contribution in [0.2, 0.25) is 0 Å². The van der Waals surface area contributed by atoms with Crippen LogP contribution in [0.4, 0.5) is 10.1 Å². The van der Waals surface area contributed by atoms with E-state index >= 15 is 0 Å². The van der Waals surface area contributed by atoms with Crippen LogP contribution < -0.4 is 5.32 Å². The fourth-order valence-corrected chi connectivity index (χ4v) is 3.88. The maximum atomic E-state index is 14.0. The van der Waals surface area contributed by atoms with Crippen LogP contribution in [-0.4, -0.2) is 5.91 Å². The molecular formula is C23H21FNO2+. The molecule has 1 aromatic heterocycles. The summed E-state index contributed by atoms with van der Waals surface area (Å²) in [5.74, 6) is 0.312. The molecule has 4 rings (SSSR count). The quantitative estimate of drug-likeness (QED) is 0.418. The molecule has 0 atom stereocenters. The van der Waals surface area contributed by atoms with Crippen LogP contribution in [0, 0.1) is 26.6 Å². The highest BCUT2D eigenvalue weighted by molar-refractivity contribution is 6.10. The third-order valence-corrected chi connectivity index (χ3v) is 4.74. The molecule has 0 saturated carbocycles. The van der Waals surface area contributed by atoms with Gasteiger partial charge in [-0.3, -0.25) is 4.79 Å². The highest BCUT2D eigenvalue weighted by Gasteiger charge is 2.25. The molecule has 0 bridgehead atoms. The largest absolute Gasteiger partial charge is 0.498 e. The monoisotopic (exact) mass is 362 g/mol. The van der Waals surface area contributed by atoms with Gasteiger partial charge in [0.05, 0.1) is 16.8 Å². The predicted molar refractivity (Wildman–Crippen MR) is 108 cm³/mol. The highest BCUT2D eigenvalue weighted by atomic mass is 19.1. The van der Waals surface area contributed by atoms with Gasteiger partial charge in [-0.15, -0.1) is 0 Å². The van der Waals surface area contributed by atoms with Gasteiger partial charge in [-0.25, -0.2) is 4.39 Å². The first kappa shape index (κ1) is 17.3. The van der Waals surface area contributed by atoms with Crippen LogP contribution in [0.3, 0.4) is 0 Å². The fraction of sp³-hybridized carbons (Fsp3) is 0.174. The minimum absolute atomic E-state index is 0.109. The Kier molecular flexibility index (Phi) is 3.99. The second-order valence-electron chi connectivity index (χ2n) is 7.07. The zero-order chi connectivity index (χ0) is 19.3. The Morgan fingerprint density at radius 3 is 2.26 bits per heavy atom. The number of carbonyl (C=O) groups is 1. The van der Waals surface area contributed by atoms with Crippen LogP contribution in [0.15, 0.2) is 52.6 Å². The number of rotatable bonds is 2. The van der Waals surface area contributed by atoms with E-state index in [1.54, 1.807) is 6.07 Å². The number of furan rings is 1. The highest BCUT2D eigenvalue weighted by Crippen LogP contribution is 2.43. The lowest BCUT2D eigenvalue weighted by Gasteiger charge is -2.08. The van der Waals surface area contributed by atoms with E-state index < -0.39 is 0 Å². The molecule has 0 fully saturated rings. The molecule has 136 valence electrons. The Morgan fingerprint density at radius 2 is 1.59 bits per heavy atom. The van der Waals surface area contributed by atoms with Crippen LogP contribution in [0.1, 0.15) is 23.6 Å². The Hall–Kier alpha value is -3.14. The van der Waals surface area contributed by atoms with E-state index in [0.717, 1.165) is 44.3 Å². The minimum atomic E-state index is -0.285. The summed E-state index contributed by atoms with van der Waals surface area (Å²) in [5, 5.41) is 4.94. The van der Waals surface area contributed by atoms with Crippen molar-refractivity contribution in [2.24, 2.45) is 0 Å². The molecule has 4 heteroatoms. The van der Waals surface area contributed by atoms with Crippen LogP contribution in [0.5, 0.6) is 0 Å². The molecule has 0 unspecified atom stereocenters. The van der Waals surface area contributed by atoms with E-state index in [1.165, 1.54) is 19.1 Å². The average Bonchev–Trinajstić information content (AvgIpc) is 2.89. The molecule has 1 amide bonds. The van der Waals surface area contributed by atoms with Gasteiger partial charge in [0.25, 0.3) is 16.9 Å². The first-order chi connectivity index (χ1) is 12.8. The van der Waals surface area contributed by atoms with Gasteiger partial charge in [0.15, 0.2) is 0 Å². The number of carbonyl (C=O) groups excluding carboxylic acids is 1. The molecule has 0 aliphatic carbocycles. The van der Waals surface area contributed by atoms with Crippen LogP contribution >= 0.6 is 0 Å². The van der Waals surface area contributed by atoms with Crippen molar-refractivity contribution < 1.29 is 13.2 Å². The Bertz CT molecular complexity index is 1220. The summed E-state index contributed by atoms with van der Waals surface area (Å²) in [6.07, 6.45) is 0. The Morgan fingerprint density at radius 1 is 0.926 bits per heavy atom. The third-order valence-electron chi connectivity index (χ3n) is 4.74. The van der Waals surface area contributed by atoms with Crippen LogP contribution in [-0.2, 0) is 4.79 Å². The van der Waals surface area contributed by atoms with Gasteiger partial charge in [0.1, 0.15) is 5.82 Å². The number of aryl methyl sites for hydroxylation is 3. The fourth-order valence-electron chi connectivity index (χ4n) is 3.88. The number of hydrogen-bond acceptors (Lipinski definition) is 1. The molecule has 0 radical (unpaired) electrons. The lowest BCUT2D eigenvalue weighted by Crippen LogP contribution is -2.05. The van der Waals surface area contributed by atoms with E-state index in [4.69, 9.17) is 0 Å². The lowest BCUT2D eigenvalue weighted by molar-refractivity contribution is -0.114. The lowest BCUT2D eigenvalue weighted by atomic mass is 10.0. The van der Waals surface area contributed by atoms with Gasteiger partial charge in [-0.1, -0.05) is 6.07 Å². The molecule has 0 spiro atoms. The number of amides is 1. The molecule has 3 nitrogen and oxygen atoms in total. The van der Waals surface area contributed by atoms with Crippen molar-refractivity contribution in [3.8, 4) is 5.75 Å². The molecule has 1 heterocycles. The smallest absolute Gasteiger partial charge is 0.278 e. The summed E-state index contributed by atoms with van der Waals surface area (Å²) in [6.45, 7) is 7.62. The predicted octanol–water partition coefficient (Wildman–Crippen LogP) is 6.29. The Labute approximate surface area is 157 Å². The summed E-state index contributed by atoms with van der Waals surface area (Å²) in [7, 11) is 0. The number of halogens is 1. The van der Waals surface area contributed by atoms with Crippen molar-refractivity contribution in [2.75, 3.05) is 5.32 Å². The van der Waals surface area contributed by atoms with Gasteiger partial charge in [-0.05, 0) is 56.7 Å². The second-order valence-corrected chi connectivity index (χ2v) is 7.07. The average molecular weight is 362 g/mol. The molecule has 1 N–H and O–H groups in total. The topological polar surface area (TPSA) is 31.8 Å². The van der Waals surface area contributed by atoms with Crippen molar-refractivity contribution in [1.29, 1.82) is 0 Å². The first-order valence-electron chi connectivity index (χ1n) is 8.89. The van der Waals surface area contributed by atoms with E-state index in [9.17, 15) is 9.18 Å². The summed E-state index contributed by atoms with van der Waals surface area (Å²) in [5.41, 5.74) is 5.91. The van der Waals surface area contributed by atoms with Gasteiger partial charge in [0, 0.05) is 29.8 Å². The summed E-state index contributed by atoms with van der Waals surface area (Å²) >= 11 is 0. The standard InChI is InChI=1S/C23H20FNO2/c1-13-8-14(2)22-20(9-13)21-12-18(25-16(4)26)10-15(3)23(21)27(22)19-7-5-6-17(24)11-19/h5-12H,1-4H3/p+1. The number of anilines is 1. The van der Waals surface area contributed by atoms with Crippen molar-refractivity contribution >= 4 is 33.5 Å². The molecule has 27 heavy (non-hydrogen) atoms. The van der Waals surface area contributed by atoms with Crippen molar-refractivity contribution in [2.45, 2.75) is 27.7 Å². The van der Waals surface area contributed by atoms with Gasteiger partial charge in [0.2, 0.25) is 5.91 Å². The maximum Gasteiger partial charge on any atom is 0.278 e.